The summed E-state index contributed by atoms with van der Waals surface area (Å²) in [6.07, 6.45) is -2.87. The standard InChI is InChI=1S/C7H8F3N3OS/c1-2-3-13-5(14)11-12-6(13)15-4-7(8,9)10/h2H,1,3-4H2,(H,11,14). The molecule has 0 fully saturated rings. The zero-order chi connectivity index (χ0) is 11.5. The van der Waals surface area contributed by atoms with Crippen LogP contribution in [0, 0.1) is 0 Å². The Labute approximate surface area is 87.2 Å². The second-order valence-corrected chi connectivity index (χ2v) is 3.56. The maximum absolute atomic E-state index is 11.9. The number of hydrogen-bond acceptors (Lipinski definition) is 3. The molecule has 0 spiro atoms. The summed E-state index contributed by atoms with van der Waals surface area (Å²) in [5.74, 6) is -1.07. The van der Waals surface area contributed by atoms with Gasteiger partial charge in [0.05, 0.1) is 5.75 Å². The number of H-pyrrole nitrogens is 1. The van der Waals surface area contributed by atoms with Crippen molar-refractivity contribution in [3.8, 4) is 0 Å². The highest BCUT2D eigenvalue weighted by Crippen LogP contribution is 2.25. The first-order chi connectivity index (χ1) is 6.94. The fraction of sp³-hybridized carbons (Fsp3) is 0.429. The molecule has 0 amide bonds. The van der Waals surface area contributed by atoms with Crippen molar-refractivity contribution in [2.75, 3.05) is 5.75 Å². The summed E-state index contributed by atoms with van der Waals surface area (Å²) in [5.41, 5.74) is -0.542. The fourth-order valence-electron chi connectivity index (χ4n) is 0.850. The van der Waals surface area contributed by atoms with Crippen molar-refractivity contribution in [1.82, 2.24) is 14.8 Å². The molecule has 1 rings (SSSR count). The molecule has 8 heteroatoms. The van der Waals surface area contributed by atoms with Gasteiger partial charge in [0.25, 0.3) is 0 Å². The van der Waals surface area contributed by atoms with Gasteiger partial charge in [0.1, 0.15) is 0 Å². The third-order valence-corrected chi connectivity index (χ3v) is 2.44. The number of nitrogens with one attached hydrogen (secondary N) is 1. The average molecular weight is 239 g/mol. The van der Waals surface area contributed by atoms with E-state index in [4.69, 9.17) is 0 Å². The minimum Gasteiger partial charge on any atom is -0.266 e. The van der Waals surface area contributed by atoms with Gasteiger partial charge in [0.2, 0.25) is 0 Å². The van der Waals surface area contributed by atoms with E-state index in [2.05, 4.69) is 16.8 Å². The zero-order valence-electron chi connectivity index (χ0n) is 7.54. The van der Waals surface area contributed by atoms with Crippen molar-refractivity contribution in [2.45, 2.75) is 17.9 Å². The molecule has 0 saturated heterocycles. The minimum atomic E-state index is -4.28. The van der Waals surface area contributed by atoms with Gasteiger partial charge >= 0.3 is 11.9 Å². The summed E-state index contributed by atoms with van der Waals surface area (Å²) in [6.45, 7) is 3.53. The van der Waals surface area contributed by atoms with Crippen LogP contribution in [0.1, 0.15) is 0 Å². The number of nitrogens with zero attached hydrogens (tertiary/aromatic N) is 2. The van der Waals surface area contributed by atoms with E-state index in [1.807, 2.05) is 0 Å². The van der Waals surface area contributed by atoms with Gasteiger partial charge in [-0.2, -0.15) is 13.2 Å². The lowest BCUT2D eigenvalue weighted by Crippen LogP contribution is -2.17. The lowest BCUT2D eigenvalue weighted by Gasteiger charge is -2.05. The topological polar surface area (TPSA) is 50.7 Å². The molecule has 0 bridgehead atoms. The third kappa shape index (κ3) is 3.46. The Morgan fingerprint density at radius 1 is 1.60 bits per heavy atom. The maximum atomic E-state index is 11.9. The minimum absolute atomic E-state index is 0.0113. The van der Waals surface area contributed by atoms with E-state index < -0.39 is 17.6 Å². The van der Waals surface area contributed by atoms with Gasteiger partial charge in [0.15, 0.2) is 5.16 Å². The van der Waals surface area contributed by atoms with Crippen LogP contribution in [0.15, 0.2) is 22.6 Å². The van der Waals surface area contributed by atoms with Crippen molar-refractivity contribution < 1.29 is 13.2 Å². The fourth-order valence-corrected chi connectivity index (χ4v) is 1.57. The monoisotopic (exact) mass is 239 g/mol. The van der Waals surface area contributed by atoms with Crippen LogP contribution in [0.5, 0.6) is 0 Å². The summed E-state index contributed by atoms with van der Waals surface area (Å²) < 4.78 is 36.8. The highest BCUT2D eigenvalue weighted by molar-refractivity contribution is 7.99. The summed E-state index contributed by atoms with van der Waals surface area (Å²) in [6, 6.07) is 0. The molecular formula is C7H8F3N3OS. The predicted molar refractivity (Wildman–Crippen MR) is 49.8 cm³/mol. The Morgan fingerprint density at radius 2 is 2.27 bits per heavy atom. The van der Waals surface area contributed by atoms with E-state index >= 15 is 0 Å². The molecule has 0 aliphatic rings. The Bertz CT molecular complexity index is 395. The van der Waals surface area contributed by atoms with Gasteiger partial charge < -0.3 is 0 Å². The lowest BCUT2D eigenvalue weighted by atomic mass is 10.6. The first kappa shape index (κ1) is 11.9. The smallest absolute Gasteiger partial charge is 0.266 e. The Balaban J connectivity index is 2.77. The van der Waals surface area contributed by atoms with E-state index in [-0.39, 0.29) is 11.7 Å². The van der Waals surface area contributed by atoms with Gasteiger partial charge in [-0.05, 0) is 0 Å². The first-order valence-corrected chi connectivity index (χ1v) is 4.88. The van der Waals surface area contributed by atoms with Gasteiger partial charge in [-0.3, -0.25) is 4.57 Å². The molecule has 1 heterocycles. The number of alkyl halides is 3. The molecule has 84 valence electrons. The van der Waals surface area contributed by atoms with E-state index in [0.717, 1.165) is 4.57 Å². The second kappa shape index (κ2) is 4.56. The average Bonchev–Trinajstić information content (AvgIpc) is 2.45. The molecule has 0 saturated carbocycles. The molecule has 1 N–H and O–H groups in total. The third-order valence-electron chi connectivity index (χ3n) is 1.40. The van der Waals surface area contributed by atoms with Crippen LogP contribution in [-0.2, 0) is 6.54 Å². The molecule has 1 aromatic rings. The quantitative estimate of drug-likeness (QED) is 0.638. The van der Waals surface area contributed by atoms with Crippen LogP contribution < -0.4 is 5.69 Å². The molecule has 0 radical (unpaired) electrons. The summed E-state index contributed by atoms with van der Waals surface area (Å²) in [5, 5.41) is 5.57. The van der Waals surface area contributed by atoms with E-state index in [0.29, 0.717) is 11.8 Å². The van der Waals surface area contributed by atoms with Gasteiger partial charge in [0, 0.05) is 6.54 Å². The zero-order valence-corrected chi connectivity index (χ0v) is 8.36. The summed E-state index contributed by atoms with van der Waals surface area (Å²) >= 11 is 0.463. The van der Waals surface area contributed by atoms with Crippen LogP contribution >= 0.6 is 11.8 Å². The highest BCUT2D eigenvalue weighted by atomic mass is 32.2. The first-order valence-electron chi connectivity index (χ1n) is 3.89. The number of hydrogen-bond donors (Lipinski definition) is 1. The number of thioether (sulfide) groups is 1. The number of halogens is 3. The Morgan fingerprint density at radius 3 is 2.80 bits per heavy atom. The highest BCUT2D eigenvalue weighted by Gasteiger charge is 2.28. The van der Waals surface area contributed by atoms with Crippen LogP contribution in [0.2, 0.25) is 0 Å². The molecule has 0 atom stereocenters. The van der Waals surface area contributed by atoms with Crippen molar-refractivity contribution in [3.05, 3.63) is 23.1 Å². The van der Waals surface area contributed by atoms with Crippen molar-refractivity contribution in [2.24, 2.45) is 0 Å². The van der Waals surface area contributed by atoms with Crippen molar-refractivity contribution in [1.29, 1.82) is 0 Å². The molecule has 0 aliphatic carbocycles. The largest absolute Gasteiger partial charge is 0.398 e. The normalized spacial score (nSPS) is 11.7. The predicted octanol–water partition coefficient (Wildman–Crippen LogP) is 1.41. The van der Waals surface area contributed by atoms with Gasteiger partial charge in [-0.15, -0.1) is 11.7 Å². The maximum Gasteiger partial charge on any atom is 0.398 e. The molecule has 0 aliphatic heterocycles. The van der Waals surface area contributed by atoms with Crippen LogP contribution in [0.3, 0.4) is 0 Å². The molecular weight excluding hydrogens is 231 g/mol. The molecule has 4 nitrogen and oxygen atoms in total. The van der Waals surface area contributed by atoms with Crippen molar-refractivity contribution >= 4 is 11.8 Å². The van der Waals surface area contributed by atoms with Crippen LogP contribution in [-0.4, -0.2) is 26.7 Å². The summed E-state index contributed by atoms with van der Waals surface area (Å²) in [7, 11) is 0. The second-order valence-electron chi connectivity index (χ2n) is 2.61. The molecule has 15 heavy (non-hydrogen) atoms. The van der Waals surface area contributed by atoms with Gasteiger partial charge in [-0.1, -0.05) is 17.8 Å². The molecule has 0 aromatic carbocycles. The number of aromatic nitrogens is 3. The Hall–Kier alpha value is -1.18. The lowest BCUT2D eigenvalue weighted by molar-refractivity contribution is -0.105. The van der Waals surface area contributed by atoms with E-state index in [1.54, 1.807) is 0 Å². The number of allylic oxidation sites excluding steroid dienone is 1. The Kier molecular flexibility index (Phi) is 3.61. The molecule has 0 unspecified atom stereocenters. The van der Waals surface area contributed by atoms with Crippen LogP contribution in [0.25, 0.3) is 0 Å². The van der Waals surface area contributed by atoms with E-state index in [1.165, 1.54) is 6.08 Å². The number of rotatable bonds is 4. The van der Waals surface area contributed by atoms with Crippen molar-refractivity contribution in [3.63, 3.8) is 0 Å². The SMILES string of the molecule is C=CCn1c(SCC(F)(F)F)n[nH]c1=O. The van der Waals surface area contributed by atoms with E-state index in [9.17, 15) is 18.0 Å². The summed E-state index contributed by atoms with van der Waals surface area (Å²) in [4.78, 5) is 11.1. The number of aromatic amines is 1. The van der Waals surface area contributed by atoms with Gasteiger partial charge in [-0.25, -0.2) is 9.89 Å². The van der Waals surface area contributed by atoms with Crippen LogP contribution in [0.4, 0.5) is 13.2 Å². The molecule has 1 aromatic heterocycles.